The Balaban J connectivity index is 1.94. The van der Waals surface area contributed by atoms with Gasteiger partial charge in [-0.3, -0.25) is 4.79 Å². The molecule has 28 heavy (non-hydrogen) atoms. The van der Waals surface area contributed by atoms with Crippen LogP contribution in [0.2, 0.25) is 0 Å². The zero-order valence-electron chi connectivity index (χ0n) is 15.2. The Hall–Kier alpha value is -2.27. The third kappa shape index (κ3) is 3.81. The molecule has 8 nitrogen and oxygen atoms in total. The first-order chi connectivity index (χ1) is 13.3. The normalized spacial score (nSPS) is 19.2. The minimum Gasteiger partial charge on any atom is -0.358 e. The summed E-state index contributed by atoms with van der Waals surface area (Å²) in [5.74, 6) is -0.563. The van der Waals surface area contributed by atoms with Gasteiger partial charge in [0.1, 0.15) is 6.04 Å². The molecule has 1 amide bonds. The third-order valence-electron chi connectivity index (χ3n) is 4.57. The molecule has 1 saturated heterocycles. The number of piperazine rings is 1. The van der Waals surface area contributed by atoms with Gasteiger partial charge in [0, 0.05) is 26.7 Å². The van der Waals surface area contributed by atoms with Crippen LogP contribution >= 0.6 is 0 Å². The van der Waals surface area contributed by atoms with Crippen LogP contribution in [0.25, 0.3) is 0 Å². The molecule has 0 aromatic heterocycles. The summed E-state index contributed by atoms with van der Waals surface area (Å²) in [6.45, 7) is -0.429. The maximum atomic E-state index is 13.0. The van der Waals surface area contributed by atoms with Gasteiger partial charge in [0.25, 0.3) is 0 Å². The molecule has 2 aromatic carbocycles. The fourth-order valence-corrected chi connectivity index (χ4v) is 6.15. The fraction of sp³-hybridized carbons (Fsp3) is 0.278. The number of rotatable bonds is 5. The standard InChI is InChI=1S/C18H21N3O5S2/c1-19-18(22)17-14-20(27(23,24)15-8-4-2-5-9-15)12-13-21(17)28(25,26)16-10-6-3-7-11-16/h2-11,17H,12-14H2,1H3,(H,19,22)/t17-/m0/s1. The largest absolute Gasteiger partial charge is 0.358 e. The smallest absolute Gasteiger partial charge is 0.243 e. The molecule has 0 saturated carbocycles. The molecule has 3 rings (SSSR count). The third-order valence-corrected chi connectivity index (χ3v) is 8.38. The highest BCUT2D eigenvalue weighted by molar-refractivity contribution is 7.89. The quantitative estimate of drug-likeness (QED) is 0.754. The van der Waals surface area contributed by atoms with Crippen molar-refractivity contribution < 1.29 is 21.6 Å². The zero-order valence-corrected chi connectivity index (χ0v) is 16.9. The minimum atomic E-state index is -3.95. The van der Waals surface area contributed by atoms with Gasteiger partial charge in [-0.25, -0.2) is 16.8 Å². The van der Waals surface area contributed by atoms with Gasteiger partial charge in [-0.2, -0.15) is 8.61 Å². The van der Waals surface area contributed by atoms with Gasteiger partial charge in [-0.1, -0.05) is 36.4 Å². The van der Waals surface area contributed by atoms with Gasteiger partial charge >= 0.3 is 0 Å². The summed E-state index contributed by atoms with van der Waals surface area (Å²) in [4.78, 5) is 12.6. The summed E-state index contributed by atoms with van der Waals surface area (Å²) in [7, 11) is -6.40. The number of sulfonamides is 2. The molecule has 1 fully saturated rings. The number of hydrogen-bond donors (Lipinski definition) is 1. The van der Waals surface area contributed by atoms with Crippen LogP contribution in [0.15, 0.2) is 70.5 Å². The number of nitrogens with zero attached hydrogens (tertiary/aromatic N) is 2. The van der Waals surface area contributed by atoms with E-state index in [9.17, 15) is 21.6 Å². The lowest BCUT2D eigenvalue weighted by Gasteiger charge is -2.38. The Morgan fingerprint density at radius 3 is 1.86 bits per heavy atom. The van der Waals surface area contributed by atoms with Crippen LogP contribution in [0.3, 0.4) is 0 Å². The summed E-state index contributed by atoms with van der Waals surface area (Å²) in [5, 5.41) is 2.43. The lowest BCUT2D eigenvalue weighted by atomic mass is 10.2. The lowest BCUT2D eigenvalue weighted by molar-refractivity contribution is -0.125. The molecule has 0 radical (unpaired) electrons. The van der Waals surface area contributed by atoms with Crippen molar-refractivity contribution in [1.29, 1.82) is 0 Å². The Bertz CT molecular complexity index is 1040. The van der Waals surface area contributed by atoms with Gasteiger partial charge in [-0.15, -0.1) is 0 Å². The van der Waals surface area contributed by atoms with Gasteiger partial charge in [0.15, 0.2) is 0 Å². The van der Waals surface area contributed by atoms with Gasteiger partial charge in [0.2, 0.25) is 26.0 Å². The van der Waals surface area contributed by atoms with E-state index in [2.05, 4.69) is 5.32 Å². The van der Waals surface area contributed by atoms with Crippen molar-refractivity contribution in [3.05, 3.63) is 60.7 Å². The fourth-order valence-electron chi connectivity index (χ4n) is 3.10. The van der Waals surface area contributed by atoms with Crippen LogP contribution in [-0.4, -0.2) is 64.1 Å². The number of hydrogen-bond acceptors (Lipinski definition) is 5. The Morgan fingerprint density at radius 1 is 0.857 bits per heavy atom. The van der Waals surface area contributed by atoms with Crippen molar-refractivity contribution in [3.8, 4) is 0 Å². The molecule has 0 bridgehead atoms. The SMILES string of the molecule is CNC(=O)[C@@H]1CN(S(=O)(=O)c2ccccc2)CCN1S(=O)(=O)c1ccccc1. The average molecular weight is 424 g/mol. The zero-order chi connectivity index (χ0) is 20.4. The summed E-state index contributed by atoms with van der Waals surface area (Å²) in [5.41, 5.74) is 0. The molecule has 1 aliphatic heterocycles. The molecule has 150 valence electrons. The average Bonchev–Trinajstić information content (AvgIpc) is 2.74. The van der Waals surface area contributed by atoms with Crippen LogP contribution in [0.1, 0.15) is 0 Å². The molecule has 0 unspecified atom stereocenters. The van der Waals surface area contributed by atoms with Crippen LogP contribution < -0.4 is 5.32 Å². The van der Waals surface area contributed by atoms with E-state index in [-0.39, 0.29) is 29.4 Å². The van der Waals surface area contributed by atoms with E-state index in [1.807, 2.05) is 0 Å². The van der Waals surface area contributed by atoms with E-state index in [0.29, 0.717) is 0 Å². The highest BCUT2D eigenvalue weighted by Crippen LogP contribution is 2.25. The monoisotopic (exact) mass is 423 g/mol. The first-order valence-corrected chi connectivity index (χ1v) is 11.5. The number of carbonyl (C=O) groups excluding carboxylic acids is 1. The molecular formula is C18H21N3O5S2. The topological polar surface area (TPSA) is 104 Å². The first-order valence-electron chi connectivity index (χ1n) is 8.62. The predicted octanol–water partition coefficient (Wildman–Crippen LogP) is 0.496. The molecule has 2 aromatic rings. The van der Waals surface area contributed by atoms with Crippen LogP contribution in [-0.2, 0) is 24.8 Å². The molecule has 1 N–H and O–H groups in total. The molecule has 0 spiro atoms. The highest BCUT2D eigenvalue weighted by Gasteiger charge is 2.43. The van der Waals surface area contributed by atoms with E-state index in [0.717, 1.165) is 8.61 Å². The summed E-state index contributed by atoms with van der Waals surface area (Å²) >= 11 is 0. The molecule has 1 aliphatic rings. The molecule has 0 aliphatic carbocycles. The summed E-state index contributed by atoms with van der Waals surface area (Å²) in [6, 6.07) is 14.5. The van der Waals surface area contributed by atoms with Gasteiger partial charge < -0.3 is 5.32 Å². The molecule has 10 heteroatoms. The number of likely N-dealkylation sites (N-methyl/N-ethyl adjacent to an activating group) is 1. The van der Waals surface area contributed by atoms with E-state index >= 15 is 0 Å². The summed E-state index contributed by atoms with van der Waals surface area (Å²) < 4.78 is 54.1. The molecule has 1 heterocycles. The molecule has 1 atom stereocenters. The number of amides is 1. The second-order valence-corrected chi connectivity index (χ2v) is 10.1. The lowest BCUT2D eigenvalue weighted by Crippen LogP contribution is -2.61. The first kappa shape index (κ1) is 20.5. The van der Waals surface area contributed by atoms with E-state index in [1.54, 1.807) is 36.4 Å². The van der Waals surface area contributed by atoms with Crippen molar-refractivity contribution in [2.45, 2.75) is 15.8 Å². The van der Waals surface area contributed by atoms with Gasteiger partial charge in [0.05, 0.1) is 9.79 Å². The Morgan fingerprint density at radius 2 is 1.36 bits per heavy atom. The second kappa shape index (κ2) is 8.00. The summed E-state index contributed by atoms with van der Waals surface area (Å²) in [6.07, 6.45) is 0. The number of benzene rings is 2. The Labute approximate surface area is 164 Å². The number of nitrogens with one attached hydrogen (secondary N) is 1. The van der Waals surface area contributed by atoms with Crippen LogP contribution in [0.5, 0.6) is 0 Å². The maximum Gasteiger partial charge on any atom is 0.243 e. The van der Waals surface area contributed by atoms with Gasteiger partial charge in [-0.05, 0) is 24.3 Å². The van der Waals surface area contributed by atoms with Crippen LogP contribution in [0, 0.1) is 0 Å². The van der Waals surface area contributed by atoms with Crippen molar-refractivity contribution in [2.75, 3.05) is 26.7 Å². The van der Waals surface area contributed by atoms with Crippen molar-refractivity contribution in [3.63, 3.8) is 0 Å². The number of carbonyl (C=O) groups is 1. The van der Waals surface area contributed by atoms with Crippen molar-refractivity contribution in [2.24, 2.45) is 0 Å². The highest BCUT2D eigenvalue weighted by atomic mass is 32.2. The van der Waals surface area contributed by atoms with E-state index in [1.165, 1.54) is 31.3 Å². The van der Waals surface area contributed by atoms with Crippen molar-refractivity contribution in [1.82, 2.24) is 13.9 Å². The van der Waals surface area contributed by atoms with Crippen molar-refractivity contribution >= 4 is 26.0 Å². The molecular weight excluding hydrogens is 402 g/mol. The van der Waals surface area contributed by atoms with Crippen LogP contribution in [0.4, 0.5) is 0 Å². The van der Waals surface area contributed by atoms with E-state index in [4.69, 9.17) is 0 Å². The predicted molar refractivity (Wildman–Crippen MR) is 103 cm³/mol. The second-order valence-electron chi connectivity index (χ2n) is 6.23. The minimum absolute atomic E-state index is 0.0449. The Kier molecular flexibility index (Phi) is 5.84. The van der Waals surface area contributed by atoms with E-state index < -0.39 is 32.0 Å². The maximum absolute atomic E-state index is 13.0.